The van der Waals surface area contributed by atoms with E-state index in [4.69, 9.17) is 4.74 Å². The maximum Gasteiger partial charge on any atom is 0.475 e. The smallest absolute Gasteiger partial charge is 0.475 e. The molecule has 3 rings (SSSR count). The molecule has 0 saturated heterocycles. The largest absolute Gasteiger partial charge is 0.492 e. The molecule has 0 radical (unpaired) electrons. The van der Waals surface area contributed by atoms with Gasteiger partial charge in [-0.1, -0.05) is 48.5 Å². The van der Waals surface area contributed by atoms with Gasteiger partial charge in [-0.3, -0.25) is 4.79 Å². The number of hydrogen-bond acceptors (Lipinski definition) is 4. The van der Waals surface area contributed by atoms with Crippen LogP contribution in [-0.4, -0.2) is 35.6 Å². The van der Waals surface area contributed by atoms with Gasteiger partial charge in [0.05, 0.1) is 19.0 Å². The molecule has 1 aliphatic heterocycles. The molecule has 0 bridgehead atoms. The van der Waals surface area contributed by atoms with E-state index in [0.717, 1.165) is 22.4 Å². The second-order valence-electron chi connectivity index (χ2n) is 6.49. The van der Waals surface area contributed by atoms with Gasteiger partial charge in [-0.05, 0) is 24.5 Å². The monoisotopic (exact) mass is 339 g/mol. The van der Waals surface area contributed by atoms with E-state index in [1.807, 2.05) is 55.5 Å². The number of hydrogen-bond donors (Lipinski definition) is 3. The average Bonchev–Trinajstić information content (AvgIpc) is 2.99. The summed E-state index contributed by atoms with van der Waals surface area (Å²) in [7, 11) is -1.62. The van der Waals surface area contributed by atoms with E-state index >= 15 is 0 Å². The van der Waals surface area contributed by atoms with Crippen molar-refractivity contribution in [1.82, 2.24) is 5.32 Å². The van der Waals surface area contributed by atoms with Crippen LogP contribution < -0.4 is 10.1 Å². The lowest BCUT2D eigenvalue weighted by atomic mass is 9.73. The Morgan fingerprint density at radius 3 is 2.72 bits per heavy atom. The van der Waals surface area contributed by atoms with E-state index in [1.54, 1.807) is 0 Å². The van der Waals surface area contributed by atoms with Crippen molar-refractivity contribution in [2.24, 2.45) is 0 Å². The zero-order valence-electron chi connectivity index (χ0n) is 14.2. The van der Waals surface area contributed by atoms with Crippen molar-refractivity contribution >= 4 is 13.0 Å². The van der Waals surface area contributed by atoms with Gasteiger partial charge in [0, 0.05) is 11.5 Å². The molecule has 0 saturated carbocycles. The van der Waals surface area contributed by atoms with Crippen molar-refractivity contribution in [1.29, 1.82) is 0 Å². The first-order chi connectivity index (χ1) is 12.0. The molecule has 0 aliphatic carbocycles. The van der Waals surface area contributed by atoms with E-state index in [-0.39, 0.29) is 18.2 Å². The van der Waals surface area contributed by atoms with Crippen LogP contribution in [0.5, 0.6) is 5.75 Å². The molecule has 2 aromatic carbocycles. The minimum Gasteiger partial charge on any atom is -0.492 e. The molecular formula is C19H22BNO4. The predicted octanol–water partition coefficient (Wildman–Crippen LogP) is 1.60. The predicted molar refractivity (Wildman–Crippen MR) is 96.3 cm³/mol. The van der Waals surface area contributed by atoms with Crippen molar-refractivity contribution in [3.05, 3.63) is 65.2 Å². The summed E-state index contributed by atoms with van der Waals surface area (Å²) in [5.41, 5.74) is 3.01. The molecule has 1 aliphatic rings. The van der Waals surface area contributed by atoms with Crippen molar-refractivity contribution in [3.63, 3.8) is 0 Å². The van der Waals surface area contributed by atoms with Crippen molar-refractivity contribution < 1.29 is 19.6 Å². The average molecular weight is 339 g/mol. The fraction of sp³-hybridized carbons (Fsp3) is 0.316. The Hall–Kier alpha value is -2.31. The lowest BCUT2D eigenvalue weighted by Gasteiger charge is -2.21. The van der Waals surface area contributed by atoms with E-state index in [9.17, 15) is 14.8 Å². The summed E-state index contributed by atoms with van der Waals surface area (Å²) in [6.07, 6.45) is 0.621. The third-order valence-corrected chi connectivity index (χ3v) is 4.56. The fourth-order valence-corrected chi connectivity index (χ4v) is 3.26. The number of benzene rings is 2. The van der Waals surface area contributed by atoms with Gasteiger partial charge in [0.15, 0.2) is 0 Å². The molecule has 2 aromatic rings. The number of amides is 1. The number of ether oxygens (including phenoxy) is 1. The summed E-state index contributed by atoms with van der Waals surface area (Å²) in [6.45, 7) is 2.47. The first-order valence-electron chi connectivity index (χ1n) is 8.46. The number of carbonyl (C=O) groups excluding carboxylic acids is 1. The summed E-state index contributed by atoms with van der Waals surface area (Å²) in [5, 5.41) is 22.1. The normalized spacial score (nSPS) is 16.7. The Balaban J connectivity index is 1.65. The van der Waals surface area contributed by atoms with E-state index < -0.39 is 13.1 Å². The van der Waals surface area contributed by atoms with Gasteiger partial charge < -0.3 is 20.1 Å². The molecule has 0 spiro atoms. The highest BCUT2D eigenvalue weighted by molar-refractivity contribution is 6.43. The van der Waals surface area contributed by atoms with Crippen LogP contribution in [0.1, 0.15) is 29.0 Å². The van der Waals surface area contributed by atoms with Crippen LogP contribution in [0.2, 0.25) is 0 Å². The highest BCUT2D eigenvalue weighted by Gasteiger charge is 2.33. The molecule has 0 aromatic heterocycles. The number of aryl methyl sites for hydroxylation is 1. The van der Waals surface area contributed by atoms with Crippen LogP contribution in [0.4, 0.5) is 0 Å². The number of rotatable bonds is 6. The topological polar surface area (TPSA) is 78.8 Å². The summed E-state index contributed by atoms with van der Waals surface area (Å²) in [5.74, 6) is -0.0722. The summed E-state index contributed by atoms with van der Waals surface area (Å²) in [4.78, 5) is 12.2. The third-order valence-electron chi connectivity index (χ3n) is 4.56. The van der Waals surface area contributed by atoms with Crippen LogP contribution in [0.25, 0.3) is 0 Å². The van der Waals surface area contributed by atoms with Gasteiger partial charge in [0.25, 0.3) is 0 Å². The Kier molecular flexibility index (Phi) is 5.41. The minimum atomic E-state index is -1.62. The molecule has 1 heterocycles. The number of para-hydroxylation sites is 1. The summed E-state index contributed by atoms with van der Waals surface area (Å²) in [6, 6.07) is 15.3. The van der Waals surface area contributed by atoms with E-state index in [1.165, 1.54) is 0 Å². The lowest BCUT2D eigenvalue weighted by Crippen LogP contribution is -2.47. The molecule has 1 amide bonds. The van der Waals surface area contributed by atoms with Crippen molar-refractivity contribution in [3.8, 4) is 5.75 Å². The molecule has 2 atom stereocenters. The van der Waals surface area contributed by atoms with Crippen LogP contribution in [-0.2, 0) is 11.2 Å². The maximum absolute atomic E-state index is 12.2. The SMILES string of the molecule is Cc1cccc2c1OCC2CC(NC(=O)Cc1ccccc1)B(O)O. The summed E-state index contributed by atoms with van der Waals surface area (Å²) < 4.78 is 5.75. The quantitative estimate of drug-likeness (QED) is 0.699. The molecule has 5 nitrogen and oxygen atoms in total. The number of fused-ring (bicyclic) bond motifs is 1. The first-order valence-corrected chi connectivity index (χ1v) is 8.46. The minimum absolute atomic E-state index is 0.0266. The van der Waals surface area contributed by atoms with Gasteiger partial charge in [0.2, 0.25) is 5.91 Å². The van der Waals surface area contributed by atoms with Gasteiger partial charge in [0.1, 0.15) is 5.75 Å². The fourth-order valence-electron chi connectivity index (χ4n) is 3.26. The maximum atomic E-state index is 12.2. The van der Waals surface area contributed by atoms with Gasteiger partial charge in [-0.15, -0.1) is 0 Å². The van der Waals surface area contributed by atoms with Gasteiger partial charge in [-0.25, -0.2) is 0 Å². The lowest BCUT2D eigenvalue weighted by molar-refractivity contribution is -0.120. The highest BCUT2D eigenvalue weighted by Crippen LogP contribution is 2.38. The molecule has 0 fully saturated rings. The second-order valence-corrected chi connectivity index (χ2v) is 6.49. The first kappa shape index (κ1) is 17.5. The number of carbonyl (C=O) groups is 1. The van der Waals surface area contributed by atoms with Crippen LogP contribution in [0.3, 0.4) is 0 Å². The number of nitrogens with one attached hydrogen (secondary N) is 1. The zero-order valence-corrected chi connectivity index (χ0v) is 14.2. The second kappa shape index (κ2) is 7.72. The van der Waals surface area contributed by atoms with Gasteiger partial charge in [-0.2, -0.15) is 0 Å². The van der Waals surface area contributed by atoms with E-state index in [2.05, 4.69) is 5.32 Å². The molecule has 6 heteroatoms. The Morgan fingerprint density at radius 1 is 1.24 bits per heavy atom. The molecular weight excluding hydrogens is 317 g/mol. The van der Waals surface area contributed by atoms with Crippen LogP contribution in [0.15, 0.2) is 48.5 Å². The Bertz CT molecular complexity index is 735. The van der Waals surface area contributed by atoms with Crippen LogP contribution >= 0.6 is 0 Å². The Morgan fingerprint density at radius 2 is 2.00 bits per heavy atom. The van der Waals surface area contributed by atoms with Crippen molar-refractivity contribution in [2.75, 3.05) is 6.61 Å². The van der Waals surface area contributed by atoms with Crippen molar-refractivity contribution in [2.45, 2.75) is 31.6 Å². The molecule has 25 heavy (non-hydrogen) atoms. The van der Waals surface area contributed by atoms with Gasteiger partial charge >= 0.3 is 7.12 Å². The zero-order chi connectivity index (χ0) is 17.8. The highest BCUT2D eigenvalue weighted by atomic mass is 16.5. The van der Waals surface area contributed by atoms with E-state index in [0.29, 0.717) is 13.0 Å². The third kappa shape index (κ3) is 4.21. The molecule has 2 unspecified atom stereocenters. The standard InChI is InChI=1S/C19H22BNO4/c1-13-6-5-9-16-15(12-25-19(13)16)11-17(20(23)24)21-18(22)10-14-7-3-2-4-8-14/h2-9,15,17,23-24H,10-12H2,1H3,(H,21,22). The Labute approximate surface area is 147 Å². The molecule has 3 N–H and O–H groups in total. The molecule has 130 valence electrons. The summed E-state index contributed by atoms with van der Waals surface area (Å²) >= 11 is 0. The van der Waals surface area contributed by atoms with Crippen LogP contribution in [0, 0.1) is 6.92 Å².